The number of aromatic nitrogens is 1. The number of carbonyl (C=O) groups is 1. The van der Waals surface area contributed by atoms with Gasteiger partial charge in [-0.3, -0.25) is 14.4 Å². The predicted octanol–water partition coefficient (Wildman–Crippen LogP) is 0.625. The molecule has 1 heterocycles. The van der Waals surface area contributed by atoms with E-state index < -0.39 is 17.1 Å². The number of aromatic amines is 1. The molecule has 5 nitrogen and oxygen atoms in total. The molecule has 0 spiro atoms. The van der Waals surface area contributed by atoms with Crippen LogP contribution in [-0.4, -0.2) is 18.0 Å². The van der Waals surface area contributed by atoms with Crippen LogP contribution in [-0.2, 0) is 10.5 Å². The number of pyridine rings is 1. The normalized spacial score (nSPS) is 16.9. The first-order valence-corrected chi connectivity index (χ1v) is 4.83. The van der Waals surface area contributed by atoms with Gasteiger partial charge in [0, 0.05) is 0 Å². The molecular formula is C10H11FN2O3. The highest BCUT2D eigenvalue weighted by molar-refractivity contribution is 5.93. The lowest BCUT2D eigenvalue weighted by Crippen LogP contribution is -2.29. The molecule has 0 unspecified atom stereocenters. The van der Waals surface area contributed by atoms with Crippen LogP contribution in [0.25, 0.3) is 0 Å². The Bertz CT molecular complexity index is 479. The third kappa shape index (κ3) is 1.83. The zero-order valence-electron chi connectivity index (χ0n) is 8.67. The van der Waals surface area contributed by atoms with Crippen LogP contribution in [0.3, 0.4) is 0 Å². The molecule has 0 aromatic carbocycles. The number of H-pyrrole nitrogens is 1. The van der Waals surface area contributed by atoms with Crippen LogP contribution >= 0.6 is 0 Å². The number of nitrogens with one attached hydrogen (secondary N) is 2. The minimum absolute atomic E-state index is 0.102. The van der Waals surface area contributed by atoms with Crippen molar-refractivity contribution >= 4 is 5.91 Å². The standard InChI is InChI=1S/C10H11FN2O3/c1-16-13-9(15)6-2-3-7(12-8(6)14)10(11)4-5-10/h2-3H,4-5H2,1H3,(H,12,14)(H,13,15). The molecule has 86 valence electrons. The molecule has 1 aliphatic rings. The summed E-state index contributed by atoms with van der Waals surface area (Å²) in [7, 11) is 1.27. The van der Waals surface area contributed by atoms with E-state index in [4.69, 9.17) is 0 Å². The molecule has 6 heteroatoms. The summed E-state index contributed by atoms with van der Waals surface area (Å²) < 4.78 is 13.6. The zero-order valence-corrected chi connectivity index (χ0v) is 8.67. The smallest absolute Gasteiger partial charge is 0.280 e. The van der Waals surface area contributed by atoms with Gasteiger partial charge in [-0.1, -0.05) is 0 Å². The maximum atomic E-state index is 13.6. The predicted molar refractivity (Wildman–Crippen MR) is 53.6 cm³/mol. The molecule has 1 aromatic rings. The average molecular weight is 226 g/mol. The fourth-order valence-electron chi connectivity index (χ4n) is 1.44. The highest BCUT2D eigenvalue weighted by Gasteiger charge is 2.46. The van der Waals surface area contributed by atoms with Crippen molar-refractivity contribution in [3.8, 4) is 0 Å². The topological polar surface area (TPSA) is 71.2 Å². The molecule has 1 amide bonds. The van der Waals surface area contributed by atoms with Crippen molar-refractivity contribution in [1.29, 1.82) is 0 Å². The Labute approximate surface area is 90.6 Å². The molecular weight excluding hydrogens is 215 g/mol. The molecule has 16 heavy (non-hydrogen) atoms. The van der Waals surface area contributed by atoms with Crippen LogP contribution in [0.5, 0.6) is 0 Å². The summed E-state index contributed by atoms with van der Waals surface area (Å²) in [5, 5.41) is 0. The zero-order chi connectivity index (χ0) is 11.8. The lowest BCUT2D eigenvalue weighted by atomic mass is 10.2. The molecule has 0 radical (unpaired) electrons. The minimum atomic E-state index is -1.41. The van der Waals surface area contributed by atoms with E-state index in [2.05, 4.69) is 9.82 Å². The summed E-state index contributed by atoms with van der Waals surface area (Å²) >= 11 is 0. The average Bonchev–Trinajstić information content (AvgIpc) is 2.98. The van der Waals surface area contributed by atoms with E-state index in [-0.39, 0.29) is 11.3 Å². The highest BCUT2D eigenvalue weighted by atomic mass is 19.1. The number of hydrogen-bond acceptors (Lipinski definition) is 3. The van der Waals surface area contributed by atoms with Gasteiger partial charge in [0.1, 0.15) is 5.56 Å². The first-order valence-electron chi connectivity index (χ1n) is 4.83. The molecule has 0 aliphatic heterocycles. The first kappa shape index (κ1) is 10.8. The van der Waals surface area contributed by atoms with Gasteiger partial charge in [-0.15, -0.1) is 0 Å². The van der Waals surface area contributed by atoms with Gasteiger partial charge in [-0.2, -0.15) is 0 Å². The summed E-state index contributed by atoms with van der Waals surface area (Å²) in [4.78, 5) is 29.6. The number of alkyl halides is 1. The van der Waals surface area contributed by atoms with E-state index >= 15 is 0 Å². The summed E-state index contributed by atoms with van der Waals surface area (Å²) in [6.07, 6.45) is 0.819. The van der Waals surface area contributed by atoms with Gasteiger partial charge in [-0.05, 0) is 25.0 Å². The molecule has 2 N–H and O–H groups in total. The third-order valence-electron chi connectivity index (χ3n) is 2.52. The number of hydroxylamine groups is 1. The van der Waals surface area contributed by atoms with Crippen molar-refractivity contribution in [2.45, 2.75) is 18.5 Å². The van der Waals surface area contributed by atoms with Gasteiger partial charge >= 0.3 is 0 Å². The van der Waals surface area contributed by atoms with Crippen LogP contribution < -0.4 is 11.0 Å². The molecule has 1 aromatic heterocycles. The third-order valence-corrected chi connectivity index (χ3v) is 2.52. The number of amides is 1. The van der Waals surface area contributed by atoms with Gasteiger partial charge < -0.3 is 4.98 Å². The lowest BCUT2D eigenvalue weighted by Gasteiger charge is -2.06. The van der Waals surface area contributed by atoms with Gasteiger partial charge in [0.15, 0.2) is 5.67 Å². The Hall–Kier alpha value is -1.69. The highest BCUT2D eigenvalue weighted by Crippen LogP contribution is 2.48. The van der Waals surface area contributed by atoms with Crippen LogP contribution in [0.2, 0.25) is 0 Å². The Morgan fingerprint density at radius 1 is 1.56 bits per heavy atom. The molecule has 2 rings (SSSR count). The van der Waals surface area contributed by atoms with Crippen LogP contribution in [0.15, 0.2) is 16.9 Å². The summed E-state index contributed by atoms with van der Waals surface area (Å²) in [6.45, 7) is 0. The Balaban J connectivity index is 2.30. The summed E-state index contributed by atoms with van der Waals surface area (Å²) in [6, 6.07) is 2.71. The van der Waals surface area contributed by atoms with E-state index in [9.17, 15) is 14.0 Å². The van der Waals surface area contributed by atoms with E-state index in [0.29, 0.717) is 12.8 Å². The van der Waals surface area contributed by atoms with Crippen LogP contribution in [0.1, 0.15) is 28.9 Å². The summed E-state index contributed by atoms with van der Waals surface area (Å²) in [5.41, 5.74) is 0.128. The second-order valence-corrected chi connectivity index (χ2v) is 3.72. The van der Waals surface area contributed by atoms with Crippen molar-refractivity contribution in [3.63, 3.8) is 0 Å². The second-order valence-electron chi connectivity index (χ2n) is 3.72. The van der Waals surface area contributed by atoms with Crippen molar-refractivity contribution in [2.75, 3.05) is 7.11 Å². The number of rotatable bonds is 3. The Kier molecular flexibility index (Phi) is 2.51. The number of carbonyl (C=O) groups excluding carboxylic acids is 1. The second kappa shape index (κ2) is 3.71. The maximum absolute atomic E-state index is 13.6. The molecule has 1 fully saturated rings. The van der Waals surface area contributed by atoms with Crippen molar-refractivity contribution in [3.05, 3.63) is 33.7 Å². The molecule has 0 saturated heterocycles. The molecule has 0 bridgehead atoms. The Morgan fingerprint density at radius 2 is 2.25 bits per heavy atom. The van der Waals surface area contributed by atoms with Gasteiger partial charge in [0.25, 0.3) is 11.5 Å². The van der Waals surface area contributed by atoms with Crippen LogP contribution in [0.4, 0.5) is 4.39 Å². The lowest BCUT2D eigenvalue weighted by molar-refractivity contribution is 0.0536. The van der Waals surface area contributed by atoms with Gasteiger partial charge in [0.2, 0.25) is 0 Å². The number of halogens is 1. The van der Waals surface area contributed by atoms with Crippen molar-refractivity contribution in [2.24, 2.45) is 0 Å². The maximum Gasteiger partial charge on any atom is 0.280 e. The van der Waals surface area contributed by atoms with Crippen molar-refractivity contribution in [1.82, 2.24) is 10.5 Å². The largest absolute Gasteiger partial charge is 0.322 e. The fraction of sp³-hybridized carbons (Fsp3) is 0.400. The van der Waals surface area contributed by atoms with E-state index in [1.54, 1.807) is 0 Å². The van der Waals surface area contributed by atoms with E-state index in [0.717, 1.165) is 0 Å². The molecule has 0 atom stereocenters. The van der Waals surface area contributed by atoms with E-state index in [1.807, 2.05) is 5.48 Å². The minimum Gasteiger partial charge on any atom is -0.322 e. The Morgan fingerprint density at radius 3 is 2.75 bits per heavy atom. The molecule has 1 aliphatic carbocycles. The quantitative estimate of drug-likeness (QED) is 0.742. The summed E-state index contributed by atoms with van der Waals surface area (Å²) in [5.74, 6) is -0.654. The van der Waals surface area contributed by atoms with Crippen molar-refractivity contribution < 1.29 is 14.0 Å². The van der Waals surface area contributed by atoms with E-state index in [1.165, 1.54) is 19.2 Å². The van der Waals surface area contributed by atoms with Gasteiger partial charge in [0.05, 0.1) is 12.8 Å². The van der Waals surface area contributed by atoms with Gasteiger partial charge in [-0.25, -0.2) is 9.87 Å². The monoisotopic (exact) mass is 226 g/mol. The molecule has 1 saturated carbocycles. The fourth-order valence-corrected chi connectivity index (χ4v) is 1.44. The first-order chi connectivity index (χ1) is 7.57. The number of hydrogen-bond donors (Lipinski definition) is 2. The SMILES string of the molecule is CONC(=O)c1ccc(C2(F)CC2)[nH]c1=O. The van der Waals surface area contributed by atoms with Crippen LogP contribution in [0, 0.1) is 0 Å².